The number of hydrogen-bond donors (Lipinski definition) is 2. The first-order chi connectivity index (χ1) is 7.80. The summed E-state index contributed by atoms with van der Waals surface area (Å²) in [6.45, 7) is 1.58. The van der Waals surface area contributed by atoms with E-state index < -0.39 is 11.9 Å². The van der Waals surface area contributed by atoms with Crippen molar-refractivity contribution < 1.29 is 23.0 Å². The van der Waals surface area contributed by atoms with Crippen molar-refractivity contribution in [2.45, 2.75) is 18.8 Å². The molecule has 0 spiro atoms. The van der Waals surface area contributed by atoms with Crippen molar-refractivity contribution in [2.75, 3.05) is 13.7 Å². The molecule has 1 rings (SSSR count). The molecule has 0 amide bonds. The van der Waals surface area contributed by atoms with Crippen molar-refractivity contribution in [3.8, 4) is 5.75 Å². The second-order valence-corrected chi connectivity index (χ2v) is 3.81. The summed E-state index contributed by atoms with van der Waals surface area (Å²) in [7, 11) is 1.66. The van der Waals surface area contributed by atoms with E-state index in [1.807, 2.05) is 0 Å². The monoisotopic (exact) mass is 249 g/mol. The minimum Gasteiger partial charge on any atom is -0.406 e. The van der Waals surface area contributed by atoms with Gasteiger partial charge < -0.3 is 15.2 Å². The van der Waals surface area contributed by atoms with Gasteiger partial charge in [-0.3, -0.25) is 0 Å². The van der Waals surface area contributed by atoms with Crippen LogP contribution in [-0.2, 0) is 5.54 Å². The fourth-order valence-corrected chi connectivity index (χ4v) is 1.34. The highest BCUT2D eigenvalue weighted by molar-refractivity contribution is 5.31. The zero-order valence-corrected chi connectivity index (χ0v) is 9.51. The number of nitrogens with one attached hydrogen (secondary N) is 1. The Kier molecular flexibility index (Phi) is 4.00. The van der Waals surface area contributed by atoms with Crippen LogP contribution >= 0.6 is 0 Å². The van der Waals surface area contributed by atoms with Gasteiger partial charge in [-0.1, -0.05) is 12.1 Å². The van der Waals surface area contributed by atoms with Crippen molar-refractivity contribution in [1.29, 1.82) is 0 Å². The van der Waals surface area contributed by atoms with E-state index >= 15 is 0 Å². The summed E-state index contributed by atoms with van der Waals surface area (Å²) in [6, 6.07) is 5.39. The Morgan fingerprint density at radius 2 is 1.76 bits per heavy atom. The van der Waals surface area contributed by atoms with E-state index in [1.165, 1.54) is 24.3 Å². The molecule has 0 aliphatic rings. The molecule has 6 heteroatoms. The van der Waals surface area contributed by atoms with Crippen molar-refractivity contribution in [2.24, 2.45) is 0 Å². The van der Waals surface area contributed by atoms with E-state index in [0.717, 1.165) is 0 Å². The zero-order valence-electron chi connectivity index (χ0n) is 9.51. The predicted octanol–water partition coefficient (Wildman–Crippen LogP) is 2.01. The van der Waals surface area contributed by atoms with E-state index in [0.29, 0.717) is 5.56 Å². The number of likely N-dealkylation sites (N-methyl/N-ethyl adjacent to an activating group) is 1. The molecule has 3 nitrogen and oxygen atoms in total. The van der Waals surface area contributed by atoms with Crippen LogP contribution in [0.2, 0.25) is 0 Å². The van der Waals surface area contributed by atoms with Gasteiger partial charge in [0.25, 0.3) is 0 Å². The molecular weight excluding hydrogens is 235 g/mol. The Morgan fingerprint density at radius 1 is 1.24 bits per heavy atom. The first-order valence-corrected chi connectivity index (χ1v) is 4.97. The lowest BCUT2D eigenvalue weighted by Gasteiger charge is -2.27. The highest BCUT2D eigenvalue weighted by Gasteiger charge is 2.31. The Hall–Kier alpha value is -1.27. The van der Waals surface area contributed by atoms with Gasteiger partial charge in [-0.15, -0.1) is 13.2 Å². The van der Waals surface area contributed by atoms with E-state index in [2.05, 4.69) is 10.1 Å². The number of aliphatic hydroxyl groups excluding tert-OH is 1. The Bertz CT molecular complexity index is 358. The number of rotatable bonds is 4. The SMILES string of the molecule is CNC(C)(CO)c1ccc(OC(F)(F)F)cc1. The number of alkyl halides is 3. The van der Waals surface area contributed by atoms with Crippen molar-refractivity contribution in [3.63, 3.8) is 0 Å². The van der Waals surface area contributed by atoms with Crippen LogP contribution in [0.15, 0.2) is 24.3 Å². The lowest BCUT2D eigenvalue weighted by Crippen LogP contribution is -2.40. The maximum atomic E-state index is 11.9. The first kappa shape index (κ1) is 13.8. The second kappa shape index (κ2) is 4.93. The topological polar surface area (TPSA) is 41.5 Å². The van der Waals surface area contributed by atoms with Crippen LogP contribution in [0, 0.1) is 0 Å². The molecule has 2 N–H and O–H groups in total. The van der Waals surface area contributed by atoms with E-state index in [9.17, 15) is 18.3 Å². The summed E-state index contributed by atoms with van der Waals surface area (Å²) in [5, 5.41) is 12.1. The lowest BCUT2D eigenvalue weighted by atomic mass is 9.93. The molecule has 1 aromatic carbocycles. The van der Waals surface area contributed by atoms with Crippen molar-refractivity contribution >= 4 is 0 Å². The lowest BCUT2D eigenvalue weighted by molar-refractivity contribution is -0.274. The number of aliphatic hydroxyl groups is 1. The summed E-state index contributed by atoms with van der Waals surface area (Å²) >= 11 is 0. The standard InChI is InChI=1S/C11H14F3NO2/c1-10(7-16,15-2)8-3-5-9(6-4-8)17-11(12,13)14/h3-6,15-16H,7H2,1-2H3. The van der Waals surface area contributed by atoms with Crippen LogP contribution in [0.1, 0.15) is 12.5 Å². The highest BCUT2D eigenvalue weighted by Crippen LogP contribution is 2.26. The molecule has 1 atom stereocenters. The van der Waals surface area contributed by atoms with Crippen LogP contribution in [0.5, 0.6) is 5.75 Å². The number of halogens is 3. The molecule has 0 radical (unpaired) electrons. The maximum Gasteiger partial charge on any atom is 0.573 e. The molecule has 0 aromatic heterocycles. The van der Waals surface area contributed by atoms with Gasteiger partial charge in [-0.25, -0.2) is 0 Å². The molecule has 96 valence electrons. The minimum absolute atomic E-state index is 0.164. The molecule has 0 aliphatic heterocycles. The molecule has 0 bridgehead atoms. The number of benzene rings is 1. The van der Waals surface area contributed by atoms with Crippen LogP contribution in [0.25, 0.3) is 0 Å². The molecule has 1 aromatic rings. The normalized spacial score (nSPS) is 15.4. The summed E-state index contributed by atoms with van der Waals surface area (Å²) in [4.78, 5) is 0. The number of hydrogen-bond acceptors (Lipinski definition) is 3. The Labute approximate surface area is 97.2 Å². The largest absolute Gasteiger partial charge is 0.573 e. The van der Waals surface area contributed by atoms with E-state index in [1.54, 1.807) is 14.0 Å². The molecular formula is C11H14F3NO2. The van der Waals surface area contributed by atoms with Crippen molar-refractivity contribution in [1.82, 2.24) is 5.32 Å². The van der Waals surface area contributed by atoms with E-state index in [4.69, 9.17) is 0 Å². The van der Waals surface area contributed by atoms with Gasteiger partial charge in [0.2, 0.25) is 0 Å². The third kappa shape index (κ3) is 3.61. The summed E-state index contributed by atoms with van der Waals surface area (Å²) in [6.07, 6.45) is -4.69. The van der Waals surface area contributed by atoms with Gasteiger partial charge in [-0.2, -0.15) is 0 Å². The number of ether oxygens (including phenoxy) is 1. The van der Waals surface area contributed by atoms with Crippen LogP contribution < -0.4 is 10.1 Å². The fraction of sp³-hybridized carbons (Fsp3) is 0.455. The predicted molar refractivity (Wildman–Crippen MR) is 56.6 cm³/mol. The van der Waals surface area contributed by atoms with Gasteiger partial charge in [0, 0.05) is 0 Å². The average molecular weight is 249 g/mol. The van der Waals surface area contributed by atoms with Gasteiger partial charge in [-0.05, 0) is 31.7 Å². The van der Waals surface area contributed by atoms with Gasteiger partial charge in [0.05, 0.1) is 12.1 Å². The molecule has 0 heterocycles. The summed E-state index contributed by atoms with van der Waals surface area (Å²) in [5.41, 5.74) is -0.00597. The summed E-state index contributed by atoms with van der Waals surface area (Å²) in [5.74, 6) is -0.280. The van der Waals surface area contributed by atoms with Crippen LogP contribution in [0.3, 0.4) is 0 Å². The Morgan fingerprint density at radius 3 is 2.12 bits per heavy atom. The van der Waals surface area contributed by atoms with Gasteiger partial charge >= 0.3 is 6.36 Å². The quantitative estimate of drug-likeness (QED) is 0.857. The smallest absolute Gasteiger partial charge is 0.406 e. The molecule has 1 unspecified atom stereocenters. The molecule has 0 saturated carbocycles. The van der Waals surface area contributed by atoms with Gasteiger partial charge in [0.1, 0.15) is 5.75 Å². The fourth-order valence-electron chi connectivity index (χ4n) is 1.34. The first-order valence-electron chi connectivity index (χ1n) is 4.97. The average Bonchev–Trinajstić information content (AvgIpc) is 2.27. The third-order valence-corrected chi connectivity index (χ3v) is 2.59. The van der Waals surface area contributed by atoms with Crippen LogP contribution in [-0.4, -0.2) is 25.1 Å². The van der Waals surface area contributed by atoms with Gasteiger partial charge in [0.15, 0.2) is 0 Å². The maximum absolute atomic E-state index is 11.9. The zero-order chi connectivity index (χ0) is 13.1. The Balaban J connectivity index is 2.88. The minimum atomic E-state index is -4.69. The highest BCUT2D eigenvalue weighted by atomic mass is 19.4. The van der Waals surface area contributed by atoms with Crippen molar-refractivity contribution in [3.05, 3.63) is 29.8 Å². The third-order valence-electron chi connectivity index (χ3n) is 2.59. The molecule has 0 fully saturated rings. The molecule has 0 aliphatic carbocycles. The van der Waals surface area contributed by atoms with E-state index in [-0.39, 0.29) is 12.4 Å². The second-order valence-electron chi connectivity index (χ2n) is 3.81. The summed E-state index contributed by atoms with van der Waals surface area (Å²) < 4.78 is 39.6. The molecule has 0 saturated heterocycles. The molecule has 17 heavy (non-hydrogen) atoms. The van der Waals surface area contributed by atoms with Crippen LogP contribution in [0.4, 0.5) is 13.2 Å².